The van der Waals surface area contributed by atoms with Crippen LogP contribution in [0.5, 0.6) is 0 Å². The number of furan rings is 1. The van der Waals surface area contributed by atoms with E-state index in [-0.39, 0.29) is 35.1 Å². The molecule has 3 aliphatic heterocycles. The lowest BCUT2D eigenvalue weighted by Crippen LogP contribution is -2.69. The molecule has 5 rings (SSSR count). The number of nitrogens with zero attached hydrogens (tertiary/aromatic N) is 3. The molecule has 1 aromatic heterocycles. The lowest BCUT2D eigenvalue weighted by molar-refractivity contribution is -0.162. The van der Waals surface area contributed by atoms with Crippen LogP contribution in [-0.4, -0.2) is 75.9 Å². The molecule has 0 saturated carbocycles. The molecule has 4 heterocycles. The van der Waals surface area contributed by atoms with Crippen LogP contribution in [-0.2, 0) is 15.3 Å². The van der Waals surface area contributed by atoms with Gasteiger partial charge in [-0.15, -0.1) is 11.8 Å². The zero-order valence-corrected chi connectivity index (χ0v) is 17.6. The van der Waals surface area contributed by atoms with Gasteiger partial charge in [0.25, 0.3) is 5.91 Å². The molecular formula is C22H22FN3O4S. The van der Waals surface area contributed by atoms with Gasteiger partial charge in [0.1, 0.15) is 23.7 Å². The first-order chi connectivity index (χ1) is 15.0. The van der Waals surface area contributed by atoms with Gasteiger partial charge in [0, 0.05) is 30.4 Å². The van der Waals surface area contributed by atoms with Gasteiger partial charge in [0.2, 0.25) is 11.8 Å². The monoisotopic (exact) mass is 443 g/mol. The molecule has 0 radical (unpaired) electrons. The average molecular weight is 444 g/mol. The molecule has 3 fully saturated rings. The van der Waals surface area contributed by atoms with Crippen LogP contribution in [0.3, 0.4) is 0 Å². The zero-order valence-electron chi connectivity index (χ0n) is 16.8. The van der Waals surface area contributed by atoms with E-state index in [9.17, 15) is 18.8 Å². The molecule has 1 aromatic carbocycles. The number of hydrogen-bond acceptors (Lipinski definition) is 5. The third kappa shape index (κ3) is 3.71. The Labute approximate surface area is 183 Å². The van der Waals surface area contributed by atoms with Crippen LogP contribution < -0.4 is 0 Å². The first-order valence-electron chi connectivity index (χ1n) is 10.3. The molecular weight excluding hydrogens is 421 g/mol. The van der Waals surface area contributed by atoms with Crippen LogP contribution in [0.2, 0.25) is 0 Å². The van der Waals surface area contributed by atoms with E-state index in [1.807, 2.05) is 12.1 Å². The first-order valence-corrected chi connectivity index (χ1v) is 11.4. The molecule has 3 saturated heterocycles. The minimum Gasteiger partial charge on any atom is -0.468 e. The van der Waals surface area contributed by atoms with Gasteiger partial charge in [-0.3, -0.25) is 14.4 Å². The van der Waals surface area contributed by atoms with E-state index in [4.69, 9.17) is 4.42 Å². The Kier molecular flexibility index (Phi) is 5.21. The van der Waals surface area contributed by atoms with E-state index in [1.54, 1.807) is 38.8 Å². The number of hydrogen-bond donors (Lipinski definition) is 0. The standard InChI is InChI=1S/C22H22FN3O4S/c23-15-4-1-3-14(9-15)20(27)24-6-7-25-19(12-24)22(29)26-11-17(10-18(26)21(25)28)31-13-16-5-2-8-30-16/h1-5,8-9,17-19H,6-7,10-13H2. The third-order valence-electron chi connectivity index (χ3n) is 6.18. The normalized spacial score (nSPS) is 25.6. The highest BCUT2D eigenvalue weighted by Gasteiger charge is 2.52. The summed E-state index contributed by atoms with van der Waals surface area (Å²) in [6, 6.07) is 8.18. The fourth-order valence-electron chi connectivity index (χ4n) is 4.62. The summed E-state index contributed by atoms with van der Waals surface area (Å²) in [5, 5.41) is 0.161. The fourth-order valence-corrected chi connectivity index (χ4v) is 5.77. The number of rotatable bonds is 4. The van der Waals surface area contributed by atoms with Crippen molar-refractivity contribution in [2.45, 2.75) is 29.5 Å². The van der Waals surface area contributed by atoms with Crippen LogP contribution in [0.4, 0.5) is 4.39 Å². The number of halogens is 1. The Hall–Kier alpha value is -2.81. The molecule has 3 amide bonds. The number of fused-ring (bicyclic) bond motifs is 2. The molecule has 0 spiro atoms. The molecule has 31 heavy (non-hydrogen) atoms. The largest absolute Gasteiger partial charge is 0.468 e. The lowest BCUT2D eigenvalue weighted by atomic mass is 10.0. The second-order valence-corrected chi connectivity index (χ2v) is 9.35. The second-order valence-electron chi connectivity index (χ2n) is 8.06. The van der Waals surface area contributed by atoms with Crippen molar-refractivity contribution >= 4 is 29.5 Å². The van der Waals surface area contributed by atoms with Crippen molar-refractivity contribution in [2.24, 2.45) is 0 Å². The summed E-state index contributed by atoms with van der Waals surface area (Å²) >= 11 is 1.69. The van der Waals surface area contributed by atoms with Gasteiger partial charge in [-0.05, 0) is 36.8 Å². The van der Waals surface area contributed by atoms with Gasteiger partial charge in [0.15, 0.2) is 0 Å². The SMILES string of the molecule is O=C(c1cccc(F)c1)N1CCN2C(=O)C3CC(SCc4ccco4)CN3C(=O)C2C1. The predicted octanol–water partition coefficient (Wildman–Crippen LogP) is 1.99. The average Bonchev–Trinajstić information content (AvgIpc) is 3.45. The topological polar surface area (TPSA) is 74.1 Å². The summed E-state index contributed by atoms with van der Waals surface area (Å²) in [5.41, 5.74) is 0.247. The Bertz CT molecular complexity index is 1010. The van der Waals surface area contributed by atoms with Crippen molar-refractivity contribution in [1.29, 1.82) is 0 Å². The predicted molar refractivity (Wildman–Crippen MR) is 112 cm³/mol. The minimum absolute atomic E-state index is 0.0384. The molecule has 0 N–H and O–H groups in total. The third-order valence-corrected chi connectivity index (χ3v) is 7.44. The Balaban J connectivity index is 1.27. The van der Waals surface area contributed by atoms with Gasteiger partial charge in [-0.2, -0.15) is 0 Å². The number of benzene rings is 1. The maximum absolute atomic E-state index is 13.5. The lowest BCUT2D eigenvalue weighted by Gasteiger charge is -2.47. The van der Waals surface area contributed by atoms with Crippen LogP contribution in [0.15, 0.2) is 47.1 Å². The summed E-state index contributed by atoms with van der Waals surface area (Å²) in [7, 11) is 0. The maximum atomic E-state index is 13.5. The number of thioether (sulfide) groups is 1. The highest BCUT2D eigenvalue weighted by atomic mass is 32.2. The highest BCUT2D eigenvalue weighted by molar-refractivity contribution is 7.99. The van der Waals surface area contributed by atoms with Crippen LogP contribution in [0, 0.1) is 5.82 Å². The van der Waals surface area contributed by atoms with Crippen molar-refractivity contribution in [1.82, 2.24) is 14.7 Å². The van der Waals surface area contributed by atoms with Crippen molar-refractivity contribution < 1.29 is 23.2 Å². The molecule has 2 aromatic rings. The molecule has 0 bridgehead atoms. The molecule has 0 aliphatic carbocycles. The van der Waals surface area contributed by atoms with Crippen molar-refractivity contribution in [3.8, 4) is 0 Å². The Morgan fingerprint density at radius 1 is 1.06 bits per heavy atom. The number of carbonyl (C=O) groups excluding carboxylic acids is 3. The summed E-state index contributed by atoms with van der Waals surface area (Å²) in [4.78, 5) is 44.0. The van der Waals surface area contributed by atoms with Crippen molar-refractivity contribution in [3.05, 3.63) is 59.8 Å². The van der Waals surface area contributed by atoms with Crippen LogP contribution >= 0.6 is 11.8 Å². The first kappa shape index (κ1) is 20.1. The quantitative estimate of drug-likeness (QED) is 0.723. The number of amides is 3. The fraction of sp³-hybridized carbons (Fsp3) is 0.409. The molecule has 3 atom stereocenters. The van der Waals surface area contributed by atoms with Gasteiger partial charge < -0.3 is 19.1 Å². The van der Waals surface area contributed by atoms with Crippen molar-refractivity contribution in [2.75, 3.05) is 26.2 Å². The molecule has 3 unspecified atom stereocenters. The highest BCUT2D eigenvalue weighted by Crippen LogP contribution is 2.35. The Morgan fingerprint density at radius 2 is 1.90 bits per heavy atom. The van der Waals surface area contributed by atoms with E-state index >= 15 is 0 Å². The van der Waals surface area contributed by atoms with Gasteiger partial charge in [-0.1, -0.05) is 6.07 Å². The van der Waals surface area contributed by atoms with E-state index < -0.39 is 17.9 Å². The summed E-state index contributed by atoms with van der Waals surface area (Å²) in [6.07, 6.45) is 2.26. The number of carbonyl (C=O) groups is 3. The summed E-state index contributed by atoms with van der Waals surface area (Å²) < 4.78 is 18.9. The smallest absolute Gasteiger partial charge is 0.254 e. The van der Waals surface area contributed by atoms with E-state index in [1.165, 1.54) is 18.2 Å². The second kappa shape index (κ2) is 8.03. The van der Waals surface area contributed by atoms with Gasteiger partial charge in [0.05, 0.1) is 18.6 Å². The summed E-state index contributed by atoms with van der Waals surface area (Å²) in [6.45, 7) is 1.29. The number of piperazine rings is 2. The minimum atomic E-state index is -0.677. The Morgan fingerprint density at radius 3 is 2.68 bits per heavy atom. The zero-order chi connectivity index (χ0) is 21.5. The van der Waals surface area contributed by atoms with Gasteiger partial charge >= 0.3 is 0 Å². The van der Waals surface area contributed by atoms with E-state index in [0.29, 0.717) is 31.8 Å². The molecule has 9 heteroatoms. The molecule has 7 nitrogen and oxygen atoms in total. The van der Waals surface area contributed by atoms with Gasteiger partial charge in [-0.25, -0.2) is 4.39 Å². The molecule has 162 valence electrons. The van der Waals surface area contributed by atoms with Crippen LogP contribution in [0.1, 0.15) is 22.5 Å². The maximum Gasteiger partial charge on any atom is 0.254 e. The summed E-state index contributed by atoms with van der Waals surface area (Å²) in [5.74, 6) is 0.618. The molecule has 3 aliphatic rings. The van der Waals surface area contributed by atoms with Crippen molar-refractivity contribution in [3.63, 3.8) is 0 Å². The van der Waals surface area contributed by atoms with E-state index in [2.05, 4.69) is 0 Å². The van der Waals surface area contributed by atoms with Crippen LogP contribution in [0.25, 0.3) is 0 Å². The van der Waals surface area contributed by atoms with E-state index in [0.717, 1.165) is 5.76 Å².